The molecule has 3 rings (SSSR count). The summed E-state index contributed by atoms with van der Waals surface area (Å²) in [7, 11) is 0. The van der Waals surface area contributed by atoms with Gasteiger partial charge in [-0.3, -0.25) is 4.79 Å². The molecule has 0 aliphatic carbocycles. The van der Waals surface area contributed by atoms with E-state index < -0.39 is 12.6 Å². The van der Waals surface area contributed by atoms with Crippen LogP contribution in [-0.2, 0) is 19.6 Å². The predicted octanol–water partition coefficient (Wildman–Crippen LogP) is 3.97. The smallest absolute Gasteiger partial charge is 0.249 e. The van der Waals surface area contributed by atoms with Crippen molar-refractivity contribution in [3.05, 3.63) is 71.8 Å². The average molecular weight is 314 g/mol. The molecule has 1 aliphatic rings. The van der Waals surface area contributed by atoms with Gasteiger partial charge in [0.25, 0.3) is 0 Å². The first kappa shape index (κ1) is 15.8. The van der Waals surface area contributed by atoms with E-state index in [2.05, 4.69) is 0 Å². The summed E-state index contributed by atoms with van der Waals surface area (Å²) in [6, 6.07) is 18.6. The van der Waals surface area contributed by atoms with Crippen LogP contribution in [0.2, 0.25) is 0 Å². The van der Waals surface area contributed by atoms with E-state index in [4.69, 9.17) is 19.6 Å². The maximum atomic E-state index is 12.0. The SMILES string of the molecule is O=C(CCCC1OOC(c2ccccc2)OO1)c1ccccc1. The average Bonchev–Trinajstić information content (AvgIpc) is 2.64. The summed E-state index contributed by atoms with van der Waals surface area (Å²) >= 11 is 0. The van der Waals surface area contributed by atoms with Crippen molar-refractivity contribution < 1.29 is 24.3 Å². The molecule has 0 saturated carbocycles. The highest BCUT2D eigenvalue weighted by Crippen LogP contribution is 2.26. The third-order valence-corrected chi connectivity index (χ3v) is 3.51. The van der Waals surface area contributed by atoms with Crippen LogP contribution in [0.5, 0.6) is 0 Å². The second-order valence-electron chi connectivity index (χ2n) is 5.24. The van der Waals surface area contributed by atoms with Gasteiger partial charge >= 0.3 is 0 Å². The molecule has 1 aliphatic heterocycles. The molecule has 1 heterocycles. The Morgan fingerprint density at radius 3 is 2.09 bits per heavy atom. The monoisotopic (exact) mass is 314 g/mol. The number of ketones is 1. The topological polar surface area (TPSA) is 54.0 Å². The maximum absolute atomic E-state index is 12.0. The molecule has 1 fully saturated rings. The van der Waals surface area contributed by atoms with Crippen molar-refractivity contribution in [2.45, 2.75) is 31.8 Å². The van der Waals surface area contributed by atoms with Gasteiger partial charge in [-0.25, -0.2) is 0 Å². The van der Waals surface area contributed by atoms with Crippen molar-refractivity contribution in [3.63, 3.8) is 0 Å². The van der Waals surface area contributed by atoms with Gasteiger partial charge < -0.3 is 0 Å². The van der Waals surface area contributed by atoms with E-state index >= 15 is 0 Å². The molecule has 120 valence electrons. The zero-order valence-electron chi connectivity index (χ0n) is 12.6. The summed E-state index contributed by atoms with van der Waals surface area (Å²) in [6.07, 6.45) is 0.244. The zero-order valence-corrected chi connectivity index (χ0v) is 12.6. The van der Waals surface area contributed by atoms with E-state index in [9.17, 15) is 4.79 Å². The minimum atomic E-state index is -0.696. The largest absolute Gasteiger partial charge is 0.294 e. The number of carbonyl (C=O) groups is 1. The lowest BCUT2D eigenvalue weighted by Gasteiger charge is -2.26. The summed E-state index contributed by atoms with van der Waals surface area (Å²) in [4.78, 5) is 32.7. The zero-order chi connectivity index (χ0) is 15.9. The highest BCUT2D eigenvalue weighted by atomic mass is 17.4. The highest BCUT2D eigenvalue weighted by molar-refractivity contribution is 5.95. The normalized spacial score (nSPS) is 21.0. The molecule has 0 radical (unpaired) electrons. The fourth-order valence-corrected chi connectivity index (χ4v) is 2.27. The minimum Gasteiger partial charge on any atom is -0.294 e. The Bertz CT molecular complexity index is 606. The van der Waals surface area contributed by atoms with Gasteiger partial charge in [0.15, 0.2) is 5.78 Å². The molecular weight excluding hydrogens is 296 g/mol. The molecular formula is C18H18O5. The van der Waals surface area contributed by atoms with Crippen LogP contribution in [-0.4, -0.2) is 12.1 Å². The van der Waals surface area contributed by atoms with Gasteiger partial charge in [-0.05, 0) is 6.42 Å². The first-order valence-electron chi connectivity index (χ1n) is 7.60. The molecule has 2 aromatic carbocycles. The lowest BCUT2D eigenvalue weighted by atomic mass is 10.1. The number of Topliss-reactive ketones (excluding diaryl/α,β-unsaturated/α-hetero) is 1. The fourth-order valence-electron chi connectivity index (χ4n) is 2.27. The molecule has 0 aromatic heterocycles. The van der Waals surface area contributed by atoms with Gasteiger partial charge in [0.1, 0.15) is 0 Å². The number of hydrogen-bond acceptors (Lipinski definition) is 5. The molecule has 1 saturated heterocycles. The second-order valence-corrected chi connectivity index (χ2v) is 5.24. The lowest BCUT2D eigenvalue weighted by Crippen LogP contribution is -2.27. The minimum absolute atomic E-state index is 0.102. The Hall–Kier alpha value is -2.05. The van der Waals surface area contributed by atoms with Crippen LogP contribution >= 0.6 is 0 Å². The van der Waals surface area contributed by atoms with Crippen molar-refractivity contribution >= 4 is 5.78 Å². The molecule has 5 nitrogen and oxygen atoms in total. The van der Waals surface area contributed by atoms with Gasteiger partial charge in [-0.2, -0.15) is 19.6 Å². The van der Waals surface area contributed by atoms with Gasteiger partial charge in [-0.1, -0.05) is 60.7 Å². The van der Waals surface area contributed by atoms with Crippen LogP contribution in [0.4, 0.5) is 0 Å². The van der Waals surface area contributed by atoms with Gasteiger partial charge in [0.05, 0.1) is 0 Å². The number of rotatable bonds is 6. The van der Waals surface area contributed by atoms with Crippen molar-refractivity contribution in [1.29, 1.82) is 0 Å². The van der Waals surface area contributed by atoms with Crippen LogP contribution in [0.25, 0.3) is 0 Å². The molecule has 0 atom stereocenters. The Morgan fingerprint density at radius 2 is 1.43 bits per heavy atom. The first-order chi connectivity index (χ1) is 11.3. The van der Waals surface area contributed by atoms with Crippen molar-refractivity contribution in [1.82, 2.24) is 0 Å². The van der Waals surface area contributed by atoms with Crippen molar-refractivity contribution in [2.24, 2.45) is 0 Å². The highest BCUT2D eigenvalue weighted by Gasteiger charge is 2.26. The third kappa shape index (κ3) is 4.46. The molecule has 5 heteroatoms. The fraction of sp³-hybridized carbons (Fsp3) is 0.278. The number of carbonyl (C=O) groups excluding carboxylic acids is 1. The van der Waals surface area contributed by atoms with Gasteiger partial charge in [-0.15, -0.1) is 0 Å². The number of benzene rings is 2. The van der Waals surface area contributed by atoms with Crippen LogP contribution in [0.1, 0.15) is 41.5 Å². The van der Waals surface area contributed by atoms with E-state index in [1.54, 1.807) is 0 Å². The molecule has 0 spiro atoms. The predicted molar refractivity (Wildman–Crippen MR) is 81.9 cm³/mol. The molecule has 0 bridgehead atoms. The van der Waals surface area contributed by atoms with Crippen LogP contribution in [0.3, 0.4) is 0 Å². The molecule has 2 aromatic rings. The summed E-state index contributed by atoms with van der Waals surface area (Å²) in [5.74, 6) is 0.102. The maximum Gasteiger partial charge on any atom is 0.249 e. The van der Waals surface area contributed by atoms with Crippen molar-refractivity contribution in [2.75, 3.05) is 0 Å². The molecule has 23 heavy (non-hydrogen) atoms. The Balaban J connectivity index is 1.39. The van der Waals surface area contributed by atoms with E-state index in [-0.39, 0.29) is 5.78 Å². The Morgan fingerprint density at radius 1 is 0.826 bits per heavy atom. The summed E-state index contributed by atoms with van der Waals surface area (Å²) in [5.41, 5.74) is 1.53. The molecule has 0 unspecified atom stereocenters. The Labute approximate surface area is 134 Å². The standard InChI is InChI=1S/C18H18O5/c19-16(14-8-3-1-4-9-14)12-7-13-17-20-22-18(23-21-17)15-10-5-2-6-11-15/h1-6,8-11,17-18H,7,12-13H2. The quantitative estimate of drug-likeness (QED) is 0.596. The lowest BCUT2D eigenvalue weighted by molar-refractivity contribution is -0.595. The van der Waals surface area contributed by atoms with Gasteiger partial charge in [0, 0.05) is 24.0 Å². The summed E-state index contributed by atoms with van der Waals surface area (Å²) < 4.78 is 0. The van der Waals surface area contributed by atoms with Crippen LogP contribution in [0.15, 0.2) is 60.7 Å². The number of hydrogen-bond donors (Lipinski definition) is 0. The van der Waals surface area contributed by atoms with Crippen LogP contribution in [0, 0.1) is 0 Å². The van der Waals surface area contributed by atoms with E-state index in [0.717, 1.165) is 11.1 Å². The van der Waals surface area contributed by atoms with E-state index in [1.807, 2.05) is 60.7 Å². The summed E-state index contributed by atoms with van der Waals surface area (Å²) in [6.45, 7) is 0. The Kier molecular flexibility index (Phi) is 5.50. The molecule has 0 amide bonds. The second kappa shape index (κ2) is 7.99. The van der Waals surface area contributed by atoms with E-state index in [0.29, 0.717) is 19.3 Å². The van der Waals surface area contributed by atoms with Crippen LogP contribution < -0.4 is 0 Å². The third-order valence-electron chi connectivity index (χ3n) is 3.51. The van der Waals surface area contributed by atoms with Crippen molar-refractivity contribution in [3.8, 4) is 0 Å². The first-order valence-corrected chi connectivity index (χ1v) is 7.60. The summed E-state index contributed by atoms with van der Waals surface area (Å²) in [5, 5.41) is 0. The molecule has 0 N–H and O–H groups in total. The van der Waals surface area contributed by atoms with E-state index in [1.165, 1.54) is 0 Å². The van der Waals surface area contributed by atoms with Gasteiger partial charge in [0.2, 0.25) is 12.6 Å².